The standard InChI is InChI=1S/C8H8BrN5O3.C7H8O3S/c9-7-2-1-6(14(16)17)3-5(7)4-11-12-8(10)13-15;1-6-2-4-7(5-3-6)11(8,9)10/h1-4,15H,(H3,10,12,13);2-5H,1H3,(H,8,9,10)/b11-4+;. The van der Waals surface area contributed by atoms with E-state index in [4.69, 9.17) is 15.5 Å². The van der Waals surface area contributed by atoms with E-state index in [-0.39, 0.29) is 16.5 Å². The minimum atomic E-state index is -4.02. The van der Waals surface area contributed by atoms with Gasteiger partial charge in [0.15, 0.2) is 0 Å². The summed E-state index contributed by atoms with van der Waals surface area (Å²) in [4.78, 5) is 9.96. The van der Waals surface area contributed by atoms with Crippen LogP contribution in [0.3, 0.4) is 0 Å². The number of guanidine groups is 1. The maximum atomic E-state index is 10.5. The van der Waals surface area contributed by atoms with Crippen LogP contribution < -0.4 is 11.2 Å². The summed E-state index contributed by atoms with van der Waals surface area (Å²) in [6.07, 6.45) is 1.27. The lowest BCUT2D eigenvalue weighted by Gasteiger charge is -1.97. The van der Waals surface area contributed by atoms with Gasteiger partial charge >= 0.3 is 0 Å². The zero-order chi connectivity index (χ0) is 21.3. The second-order valence-electron chi connectivity index (χ2n) is 5.09. The molecule has 0 saturated heterocycles. The number of nitrogens with two attached hydrogens (primary N) is 1. The summed E-state index contributed by atoms with van der Waals surface area (Å²) in [5, 5.41) is 25.8. The zero-order valence-electron chi connectivity index (χ0n) is 14.4. The molecule has 13 heteroatoms. The first-order chi connectivity index (χ1) is 13.0. The van der Waals surface area contributed by atoms with Crippen LogP contribution in [0.5, 0.6) is 0 Å². The highest BCUT2D eigenvalue weighted by atomic mass is 79.9. The van der Waals surface area contributed by atoms with Crippen LogP contribution in [0.4, 0.5) is 5.69 Å². The van der Waals surface area contributed by atoms with Crippen LogP contribution in [0, 0.1) is 17.0 Å². The topological polar surface area (TPSA) is 181 Å². The van der Waals surface area contributed by atoms with Crippen LogP contribution in [0.15, 0.2) is 62.0 Å². The molecule has 0 bridgehead atoms. The monoisotopic (exact) mass is 473 g/mol. The van der Waals surface area contributed by atoms with Gasteiger partial charge in [-0.25, -0.2) is 5.48 Å². The number of hydrogen-bond donors (Lipinski definition) is 4. The van der Waals surface area contributed by atoms with Crippen LogP contribution in [-0.2, 0) is 10.1 Å². The van der Waals surface area contributed by atoms with Gasteiger partial charge in [-0.1, -0.05) is 33.6 Å². The van der Waals surface area contributed by atoms with E-state index < -0.39 is 15.0 Å². The van der Waals surface area contributed by atoms with Gasteiger partial charge in [-0.3, -0.25) is 19.9 Å². The fourth-order valence-electron chi connectivity index (χ4n) is 1.63. The van der Waals surface area contributed by atoms with Crippen LogP contribution >= 0.6 is 15.9 Å². The number of benzene rings is 2. The van der Waals surface area contributed by atoms with Gasteiger partial charge in [-0.2, -0.15) is 13.5 Å². The quantitative estimate of drug-likeness (QED) is 0.171. The van der Waals surface area contributed by atoms with Crippen molar-refractivity contribution in [3.8, 4) is 0 Å². The molecule has 0 aliphatic rings. The van der Waals surface area contributed by atoms with Gasteiger partial charge in [0.05, 0.1) is 16.0 Å². The van der Waals surface area contributed by atoms with E-state index >= 15 is 0 Å². The predicted octanol–water partition coefficient (Wildman–Crippen LogP) is 2.23. The molecule has 2 rings (SSSR count). The van der Waals surface area contributed by atoms with E-state index in [1.807, 2.05) is 6.92 Å². The number of nitrogens with zero attached hydrogens (tertiary/aromatic N) is 3. The molecule has 0 saturated carbocycles. The minimum absolute atomic E-state index is 0.0631. The van der Waals surface area contributed by atoms with Crippen molar-refractivity contribution in [2.45, 2.75) is 11.8 Å². The van der Waals surface area contributed by atoms with Gasteiger partial charge in [0, 0.05) is 22.2 Å². The molecule has 0 spiro atoms. The third kappa shape index (κ3) is 7.79. The molecule has 0 heterocycles. The molecular formula is C15H16BrN5O6S. The Balaban J connectivity index is 0.000000307. The Morgan fingerprint density at radius 3 is 2.39 bits per heavy atom. The molecule has 2 aromatic rings. The van der Waals surface area contributed by atoms with E-state index in [9.17, 15) is 18.5 Å². The summed E-state index contributed by atoms with van der Waals surface area (Å²) in [5.74, 6) is -0.289. The number of aryl methyl sites for hydroxylation is 1. The number of non-ortho nitro benzene ring substituents is 1. The van der Waals surface area contributed by atoms with Crippen LogP contribution in [0.25, 0.3) is 0 Å². The molecular weight excluding hydrogens is 458 g/mol. The van der Waals surface area contributed by atoms with Crippen molar-refractivity contribution in [3.63, 3.8) is 0 Å². The van der Waals surface area contributed by atoms with E-state index in [2.05, 4.69) is 26.1 Å². The Labute approximate surface area is 168 Å². The van der Waals surface area contributed by atoms with Gasteiger partial charge in [-0.05, 0) is 25.1 Å². The van der Waals surface area contributed by atoms with Crippen LogP contribution in [0.2, 0.25) is 0 Å². The number of hydrogen-bond acceptors (Lipinski definition) is 7. The van der Waals surface area contributed by atoms with Crippen molar-refractivity contribution in [1.82, 2.24) is 5.48 Å². The lowest BCUT2D eigenvalue weighted by atomic mass is 10.2. The van der Waals surface area contributed by atoms with Crippen molar-refractivity contribution in [2.75, 3.05) is 0 Å². The van der Waals surface area contributed by atoms with E-state index in [1.165, 1.54) is 36.5 Å². The second kappa shape index (κ2) is 10.5. The Morgan fingerprint density at radius 2 is 1.89 bits per heavy atom. The van der Waals surface area contributed by atoms with E-state index in [0.29, 0.717) is 10.0 Å². The molecule has 0 unspecified atom stereocenters. The van der Waals surface area contributed by atoms with Crippen molar-refractivity contribution in [1.29, 1.82) is 0 Å². The Hall–Kier alpha value is -2.87. The average Bonchev–Trinajstić information content (AvgIpc) is 2.63. The fourth-order valence-corrected chi connectivity index (χ4v) is 2.46. The average molecular weight is 474 g/mol. The number of nitro benzene ring substituents is 1. The molecule has 0 amide bonds. The maximum absolute atomic E-state index is 10.5. The highest BCUT2D eigenvalue weighted by molar-refractivity contribution is 9.10. The van der Waals surface area contributed by atoms with E-state index in [0.717, 1.165) is 5.56 Å². The highest BCUT2D eigenvalue weighted by Gasteiger charge is 2.08. The summed E-state index contributed by atoms with van der Waals surface area (Å²) in [5.41, 5.74) is 8.06. The normalized spacial score (nSPS) is 11.6. The van der Waals surface area contributed by atoms with Crippen LogP contribution in [0.1, 0.15) is 11.1 Å². The lowest BCUT2D eigenvalue weighted by Crippen LogP contribution is -2.27. The molecule has 0 aliphatic carbocycles. The number of halogens is 1. The Morgan fingerprint density at radius 1 is 1.29 bits per heavy atom. The van der Waals surface area contributed by atoms with E-state index in [1.54, 1.807) is 17.6 Å². The molecule has 0 fully saturated rings. The summed E-state index contributed by atoms with van der Waals surface area (Å²) in [6.45, 7) is 1.84. The first-order valence-electron chi connectivity index (χ1n) is 7.29. The third-order valence-electron chi connectivity index (χ3n) is 2.99. The number of nitro groups is 1. The molecule has 150 valence electrons. The Kier molecular flexibility index (Phi) is 8.66. The molecule has 0 atom stereocenters. The predicted molar refractivity (Wildman–Crippen MR) is 106 cm³/mol. The smallest absolute Gasteiger partial charge is 0.294 e. The first kappa shape index (κ1) is 23.2. The van der Waals surface area contributed by atoms with Crippen molar-refractivity contribution in [2.24, 2.45) is 15.9 Å². The fraction of sp³-hybridized carbons (Fsp3) is 0.0667. The summed E-state index contributed by atoms with van der Waals surface area (Å²) in [6, 6.07) is 10.2. The molecule has 0 radical (unpaired) electrons. The third-order valence-corrected chi connectivity index (χ3v) is 4.58. The number of nitrogens with one attached hydrogen (secondary N) is 1. The zero-order valence-corrected chi connectivity index (χ0v) is 16.8. The van der Waals surface area contributed by atoms with Crippen LogP contribution in [-0.4, -0.2) is 35.3 Å². The molecule has 28 heavy (non-hydrogen) atoms. The first-order valence-corrected chi connectivity index (χ1v) is 9.52. The molecule has 2 aromatic carbocycles. The lowest BCUT2D eigenvalue weighted by molar-refractivity contribution is -0.384. The summed E-state index contributed by atoms with van der Waals surface area (Å²) >= 11 is 3.21. The largest absolute Gasteiger partial charge is 0.367 e. The van der Waals surface area contributed by atoms with Crippen molar-refractivity contribution >= 4 is 43.9 Å². The summed E-state index contributed by atoms with van der Waals surface area (Å²) < 4.78 is 30.2. The summed E-state index contributed by atoms with van der Waals surface area (Å²) in [7, 11) is -4.02. The van der Waals surface area contributed by atoms with Gasteiger partial charge in [0.1, 0.15) is 0 Å². The van der Waals surface area contributed by atoms with Crippen molar-refractivity contribution in [3.05, 3.63) is 68.2 Å². The minimum Gasteiger partial charge on any atom is -0.367 e. The maximum Gasteiger partial charge on any atom is 0.294 e. The van der Waals surface area contributed by atoms with Crippen molar-refractivity contribution < 1.29 is 23.1 Å². The number of hydroxylamine groups is 1. The molecule has 0 aliphatic heterocycles. The number of rotatable bonds is 4. The molecule has 0 aromatic heterocycles. The highest BCUT2D eigenvalue weighted by Crippen LogP contribution is 2.21. The second-order valence-corrected chi connectivity index (χ2v) is 7.37. The van der Waals surface area contributed by atoms with Gasteiger partial charge < -0.3 is 5.73 Å². The van der Waals surface area contributed by atoms with Gasteiger partial charge in [0.2, 0.25) is 5.96 Å². The van der Waals surface area contributed by atoms with Gasteiger partial charge in [-0.15, -0.1) is 5.10 Å². The molecule has 5 N–H and O–H groups in total. The Bertz CT molecular complexity index is 992. The SMILES string of the molecule is Cc1ccc(S(=O)(=O)O)cc1.N/C(=N\N=C\c1cc([N+](=O)[O-])ccc1Br)NO. The molecule has 11 nitrogen and oxygen atoms in total. The van der Waals surface area contributed by atoms with Gasteiger partial charge in [0.25, 0.3) is 15.8 Å².